The van der Waals surface area contributed by atoms with Gasteiger partial charge in [0, 0.05) is 29.6 Å². The Balaban J connectivity index is 1.64. The summed E-state index contributed by atoms with van der Waals surface area (Å²) in [6, 6.07) is 8.94. The second kappa shape index (κ2) is 4.97. The van der Waals surface area contributed by atoms with E-state index in [0.717, 1.165) is 31.6 Å². The fraction of sp³-hybridized carbons (Fsp3) is 0.571. The van der Waals surface area contributed by atoms with Crippen molar-refractivity contribution in [1.82, 2.24) is 4.90 Å². The van der Waals surface area contributed by atoms with E-state index in [1.54, 1.807) is 0 Å². The molecule has 136 valence electrons. The fourth-order valence-electron chi connectivity index (χ4n) is 6.95. The summed E-state index contributed by atoms with van der Waals surface area (Å²) in [6.07, 6.45) is 3.13. The van der Waals surface area contributed by atoms with Gasteiger partial charge < -0.3 is 14.7 Å². The molecular formula is C21H24N2O3. The number of carbonyl (C=O) groups is 1. The number of hydrogen-bond donors (Lipinski definition) is 1. The Morgan fingerprint density at radius 3 is 3.04 bits per heavy atom. The highest BCUT2D eigenvalue weighted by Crippen LogP contribution is 2.63. The van der Waals surface area contributed by atoms with Gasteiger partial charge in [-0.25, -0.2) is 0 Å². The van der Waals surface area contributed by atoms with E-state index in [0.29, 0.717) is 18.6 Å². The van der Waals surface area contributed by atoms with E-state index < -0.39 is 6.29 Å². The monoisotopic (exact) mass is 352 g/mol. The lowest BCUT2D eigenvalue weighted by Gasteiger charge is -2.55. The minimum Gasteiger partial charge on any atom is -0.360 e. The molecule has 0 radical (unpaired) electrons. The molecule has 5 nitrogen and oxygen atoms in total. The molecule has 4 heterocycles. The van der Waals surface area contributed by atoms with Crippen LogP contribution in [0.3, 0.4) is 0 Å². The summed E-state index contributed by atoms with van der Waals surface area (Å²) < 4.78 is 5.66. The van der Waals surface area contributed by atoms with E-state index in [1.165, 1.54) is 11.1 Å². The first-order valence-electron chi connectivity index (χ1n) is 9.78. The van der Waals surface area contributed by atoms with Gasteiger partial charge in [-0.3, -0.25) is 9.69 Å². The van der Waals surface area contributed by atoms with Gasteiger partial charge in [0.1, 0.15) is 0 Å². The molecule has 5 aliphatic rings. The third-order valence-corrected chi connectivity index (χ3v) is 7.85. The zero-order chi connectivity index (χ0) is 17.6. The number of carbonyl (C=O) groups excluding carboxylic acids is 1. The van der Waals surface area contributed by atoms with Crippen LogP contribution in [0.1, 0.15) is 25.3 Å². The number of nitrogens with zero attached hydrogens (tertiary/aromatic N) is 2. The number of aliphatic hydroxyl groups is 1. The van der Waals surface area contributed by atoms with Crippen LogP contribution in [0.4, 0.5) is 5.69 Å². The number of ether oxygens (including phenoxy) is 1. The van der Waals surface area contributed by atoms with Crippen molar-refractivity contribution in [2.45, 2.75) is 43.6 Å². The summed E-state index contributed by atoms with van der Waals surface area (Å²) in [5.74, 6) is 0.390. The first kappa shape index (κ1) is 15.4. The molecule has 3 saturated heterocycles. The van der Waals surface area contributed by atoms with Gasteiger partial charge in [-0.2, -0.15) is 0 Å². The molecule has 1 spiro atoms. The molecule has 6 unspecified atom stereocenters. The summed E-state index contributed by atoms with van der Waals surface area (Å²) in [5.41, 5.74) is 3.77. The number of anilines is 1. The second-order valence-electron chi connectivity index (χ2n) is 8.50. The van der Waals surface area contributed by atoms with Crippen molar-refractivity contribution in [2.75, 3.05) is 24.6 Å². The van der Waals surface area contributed by atoms with Gasteiger partial charge >= 0.3 is 0 Å². The molecule has 5 heteroatoms. The van der Waals surface area contributed by atoms with Gasteiger partial charge in [-0.1, -0.05) is 29.8 Å². The predicted molar refractivity (Wildman–Crippen MR) is 96.7 cm³/mol. The van der Waals surface area contributed by atoms with Gasteiger partial charge in [0.15, 0.2) is 0 Å². The van der Waals surface area contributed by atoms with Crippen molar-refractivity contribution in [3.05, 3.63) is 41.5 Å². The van der Waals surface area contributed by atoms with E-state index in [9.17, 15) is 9.90 Å². The van der Waals surface area contributed by atoms with E-state index in [1.807, 2.05) is 11.0 Å². The number of piperidine rings is 1. The molecule has 6 rings (SSSR count). The number of benzene rings is 1. The molecule has 4 fully saturated rings. The largest absolute Gasteiger partial charge is 0.360 e. The molecule has 2 bridgehead atoms. The smallest absolute Gasteiger partial charge is 0.284 e. The van der Waals surface area contributed by atoms with Gasteiger partial charge in [0.2, 0.25) is 6.29 Å². The number of para-hydroxylation sites is 1. The van der Waals surface area contributed by atoms with Gasteiger partial charge in [-0.15, -0.1) is 0 Å². The van der Waals surface area contributed by atoms with E-state index in [2.05, 4.69) is 36.1 Å². The summed E-state index contributed by atoms with van der Waals surface area (Å²) in [5, 5.41) is 10.3. The van der Waals surface area contributed by atoms with Gasteiger partial charge in [-0.05, 0) is 43.9 Å². The predicted octanol–water partition coefficient (Wildman–Crippen LogP) is 1.66. The summed E-state index contributed by atoms with van der Waals surface area (Å²) >= 11 is 0. The normalized spacial score (nSPS) is 44.8. The molecular weight excluding hydrogens is 328 g/mol. The van der Waals surface area contributed by atoms with Gasteiger partial charge in [0.05, 0.1) is 12.6 Å². The lowest BCUT2D eigenvalue weighted by molar-refractivity contribution is -0.154. The topological polar surface area (TPSA) is 53.0 Å². The number of rotatable bonds is 0. The van der Waals surface area contributed by atoms with E-state index in [4.69, 9.17) is 4.74 Å². The van der Waals surface area contributed by atoms with Crippen LogP contribution in [0.2, 0.25) is 0 Å². The molecule has 1 amide bonds. The van der Waals surface area contributed by atoms with E-state index in [-0.39, 0.29) is 23.3 Å². The minimum atomic E-state index is -1.35. The van der Waals surface area contributed by atoms with Crippen molar-refractivity contribution in [3.63, 3.8) is 0 Å². The van der Waals surface area contributed by atoms with Crippen molar-refractivity contribution in [3.8, 4) is 0 Å². The van der Waals surface area contributed by atoms with Crippen molar-refractivity contribution >= 4 is 11.6 Å². The highest BCUT2D eigenvalue weighted by atomic mass is 16.6. The van der Waals surface area contributed by atoms with Gasteiger partial charge in [0.25, 0.3) is 5.91 Å². The maximum absolute atomic E-state index is 13.1. The standard InChI is InChI=1S/C21H24N2O3/c1-2-12-10-22-8-7-21-15-5-3-4-6-16(15)23-18(21)14(13(12)9-17(21)22)11-26-20(25)19(23)24/h2-6,13-14,17-18,20,25H,7-11H2,1H3. The lowest BCUT2D eigenvalue weighted by atomic mass is 9.55. The number of allylic oxidation sites excluding steroid dienone is 1. The van der Waals surface area contributed by atoms with Crippen molar-refractivity contribution in [2.24, 2.45) is 11.8 Å². The average molecular weight is 352 g/mol. The Labute approximate surface area is 153 Å². The zero-order valence-electron chi connectivity index (χ0n) is 15.0. The molecule has 26 heavy (non-hydrogen) atoms. The minimum absolute atomic E-state index is 0.0138. The van der Waals surface area contributed by atoms with Crippen LogP contribution < -0.4 is 4.90 Å². The lowest BCUT2D eigenvalue weighted by Crippen LogP contribution is -2.65. The summed E-state index contributed by atoms with van der Waals surface area (Å²) in [7, 11) is 0. The highest BCUT2D eigenvalue weighted by Gasteiger charge is 2.69. The van der Waals surface area contributed by atoms with Crippen molar-refractivity contribution in [1.29, 1.82) is 0 Å². The fourth-order valence-corrected chi connectivity index (χ4v) is 6.95. The second-order valence-corrected chi connectivity index (χ2v) is 8.50. The number of amides is 1. The maximum Gasteiger partial charge on any atom is 0.284 e. The molecule has 6 atom stereocenters. The SMILES string of the molecule is CC=C1CN2CCC34c5ccccc5N5C(=O)C(O)OCC(C1CC23)C54. The molecule has 0 aromatic heterocycles. The zero-order valence-corrected chi connectivity index (χ0v) is 15.0. The van der Waals surface area contributed by atoms with Crippen LogP contribution in [-0.2, 0) is 14.9 Å². The first-order chi connectivity index (χ1) is 12.7. The maximum atomic E-state index is 13.1. The Hall–Kier alpha value is -1.69. The Kier molecular flexibility index (Phi) is 2.94. The molecule has 1 aromatic carbocycles. The summed E-state index contributed by atoms with van der Waals surface area (Å²) in [6.45, 7) is 4.71. The van der Waals surface area contributed by atoms with Crippen LogP contribution in [0.15, 0.2) is 35.9 Å². The van der Waals surface area contributed by atoms with Crippen LogP contribution in [0, 0.1) is 11.8 Å². The van der Waals surface area contributed by atoms with Crippen molar-refractivity contribution < 1.29 is 14.6 Å². The Morgan fingerprint density at radius 2 is 2.19 bits per heavy atom. The molecule has 1 aliphatic carbocycles. The first-order valence-corrected chi connectivity index (χ1v) is 9.78. The highest BCUT2D eigenvalue weighted by molar-refractivity contribution is 5.99. The molecule has 1 N–H and O–H groups in total. The quantitative estimate of drug-likeness (QED) is 0.722. The third kappa shape index (κ3) is 1.57. The number of hydrogen-bond acceptors (Lipinski definition) is 4. The molecule has 1 saturated carbocycles. The molecule has 1 aromatic rings. The summed E-state index contributed by atoms with van der Waals surface area (Å²) in [4.78, 5) is 17.6. The van der Waals surface area contributed by atoms with E-state index >= 15 is 0 Å². The van der Waals surface area contributed by atoms with Crippen LogP contribution in [-0.4, -0.2) is 54.0 Å². The van der Waals surface area contributed by atoms with Crippen LogP contribution >= 0.6 is 0 Å². The average Bonchev–Trinajstić information content (AvgIpc) is 3.16. The number of aliphatic hydroxyl groups excluding tert-OH is 1. The Bertz CT molecular complexity index is 836. The Morgan fingerprint density at radius 1 is 1.35 bits per heavy atom. The number of fused-ring (bicyclic) bond motifs is 4. The third-order valence-electron chi connectivity index (χ3n) is 7.85. The van der Waals surface area contributed by atoms with Crippen LogP contribution in [0.25, 0.3) is 0 Å². The van der Waals surface area contributed by atoms with Crippen LogP contribution in [0.5, 0.6) is 0 Å². The molecule has 4 aliphatic heterocycles.